The van der Waals surface area contributed by atoms with Crippen LogP contribution in [0, 0.1) is 0 Å². The summed E-state index contributed by atoms with van der Waals surface area (Å²) in [5, 5.41) is 0. The zero-order valence-electron chi connectivity index (χ0n) is 16.1. The molecule has 0 unspecified atom stereocenters. The van der Waals surface area contributed by atoms with Gasteiger partial charge in [0.15, 0.2) is 0 Å². The molecule has 1 aromatic carbocycles. The quantitative estimate of drug-likeness (QED) is 0.417. The van der Waals surface area contributed by atoms with Gasteiger partial charge in [-0.25, -0.2) is 0 Å². The van der Waals surface area contributed by atoms with Gasteiger partial charge in [0.25, 0.3) is 0 Å². The van der Waals surface area contributed by atoms with Gasteiger partial charge in [0.1, 0.15) is 5.84 Å². The lowest BCUT2D eigenvalue weighted by molar-refractivity contribution is 0.564. The largest absolute Gasteiger partial charge is 0.328 e. The van der Waals surface area contributed by atoms with Crippen molar-refractivity contribution in [2.24, 2.45) is 4.99 Å². The average molecular weight is 329 g/mol. The Morgan fingerprint density at radius 2 is 1.46 bits per heavy atom. The highest BCUT2D eigenvalue weighted by atomic mass is 15.3. The summed E-state index contributed by atoms with van der Waals surface area (Å²) >= 11 is 0. The van der Waals surface area contributed by atoms with Crippen molar-refractivity contribution in [2.45, 2.75) is 90.5 Å². The second kappa shape index (κ2) is 9.86. The molecule has 1 heterocycles. The molecule has 1 aromatic rings. The second-order valence-electron chi connectivity index (χ2n) is 7.84. The summed E-state index contributed by atoms with van der Waals surface area (Å²) in [5.41, 5.74) is 1.34. The molecule has 0 radical (unpaired) electrons. The van der Waals surface area contributed by atoms with Crippen molar-refractivity contribution >= 4 is 11.5 Å². The van der Waals surface area contributed by atoms with Gasteiger partial charge in [0.05, 0.1) is 5.54 Å². The highest BCUT2D eigenvalue weighted by molar-refractivity contribution is 6.00. The van der Waals surface area contributed by atoms with Crippen LogP contribution in [0.3, 0.4) is 0 Å². The number of anilines is 1. The minimum absolute atomic E-state index is 0.0461. The van der Waals surface area contributed by atoms with Crippen LogP contribution in [0.15, 0.2) is 35.3 Å². The first-order chi connectivity index (χ1) is 11.6. The molecule has 0 spiro atoms. The van der Waals surface area contributed by atoms with Crippen molar-refractivity contribution in [2.75, 3.05) is 11.4 Å². The van der Waals surface area contributed by atoms with Crippen molar-refractivity contribution in [3.05, 3.63) is 30.3 Å². The molecule has 24 heavy (non-hydrogen) atoms. The number of hydrogen-bond acceptors (Lipinski definition) is 2. The first-order valence-corrected chi connectivity index (χ1v) is 10.0. The molecule has 0 aromatic heterocycles. The molecular weight excluding hydrogens is 292 g/mol. The summed E-state index contributed by atoms with van der Waals surface area (Å²) in [4.78, 5) is 7.41. The van der Waals surface area contributed by atoms with Crippen LogP contribution in [0.2, 0.25) is 0 Å². The van der Waals surface area contributed by atoms with Crippen LogP contribution in [-0.2, 0) is 0 Å². The van der Waals surface area contributed by atoms with Crippen LogP contribution in [0.25, 0.3) is 0 Å². The van der Waals surface area contributed by atoms with E-state index in [0.717, 1.165) is 13.0 Å². The molecule has 0 aliphatic carbocycles. The van der Waals surface area contributed by atoms with E-state index in [1.54, 1.807) is 0 Å². The molecule has 0 saturated heterocycles. The molecule has 0 N–H and O–H groups in total. The van der Waals surface area contributed by atoms with Crippen LogP contribution in [0.1, 0.15) is 85.0 Å². The zero-order chi connectivity index (χ0) is 17.3. The van der Waals surface area contributed by atoms with Crippen LogP contribution < -0.4 is 4.90 Å². The van der Waals surface area contributed by atoms with E-state index in [4.69, 9.17) is 4.99 Å². The second-order valence-corrected chi connectivity index (χ2v) is 7.84. The van der Waals surface area contributed by atoms with Crippen molar-refractivity contribution < 1.29 is 0 Å². The molecule has 0 amide bonds. The maximum absolute atomic E-state index is 4.99. The van der Waals surface area contributed by atoms with Crippen molar-refractivity contribution in [3.63, 3.8) is 0 Å². The summed E-state index contributed by atoms with van der Waals surface area (Å²) in [6, 6.07) is 10.7. The number of unbranched alkanes of at least 4 members (excludes halogenated alkanes) is 8. The first kappa shape index (κ1) is 19.0. The summed E-state index contributed by atoms with van der Waals surface area (Å²) in [5.74, 6) is 1.29. The van der Waals surface area contributed by atoms with Crippen molar-refractivity contribution in [3.8, 4) is 0 Å². The smallest absolute Gasteiger partial charge is 0.104 e. The molecular formula is C22H36N2. The maximum atomic E-state index is 4.99. The maximum Gasteiger partial charge on any atom is 0.104 e. The van der Waals surface area contributed by atoms with E-state index in [-0.39, 0.29) is 5.54 Å². The topological polar surface area (TPSA) is 15.6 Å². The third kappa shape index (κ3) is 6.30. The Hall–Kier alpha value is -1.31. The van der Waals surface area contributed by atoms with E-state index in [1.165, 1.54) is 69.3 Å². The molecule has 134 valence electrons. The van der Waals surface area contributed by atoms with Gasteiger partial charge in [-0.2, -0.15) is 0 Å². The van der Waals surface area contributed by atoms with E-state index in [0.29, 0.717) is 0 Å². The lowest BCUT2D eigenvalue weighted by Gasteiger charge is -2.23. The predicted octanol–water partition coefficient (Wildman–Crippen LogP) is 6.60. The fraction of sp³-hybridized carbons (Fsp3) is 0.682. The average Bonchev–Trinajstić information content (AvgIpc) is 2.89. The Kier molecular flexibility index (Phi) is 7.81. The number of amidine groups is 1. The SMILES string of the molecule is CCCCCCCCCCCC1=NC(C)(C)CN1c1ccccc1. The predicted molar refractivity (Wildman–Crippen MR) is 107 cm³/mol. The Bertz CT molecular complexity index is 490. The monoisotopic (exact) mass is 328 g/mol. The van der Waals surface area contributed by atoms with Gasteiger partial charge in [-0.1, -0.05) is 76.5 Å². The van der Waals surface area contributed by atoms with Gasteiger partial charge < -0.3 is 4.90 Å². The minimum atomic E-state index is 0.0461. The number of hydrogen-bond donors (Lipinski definition) is 0. The van der Waals surface area contributed by atoms with E-state index in [9.17, 15) is 0 Å². The lowest BCUT2D eigenvalue weighted by atomic mass is 10.1. The minimum Gasteiger partial charge on any atom is -0.328 e. The van der Waals surface area contributed by atoms with Gasteiger partial charge in [0.2, 0.25) is 0 Å². The fourth-order valence-electron chi connectivity index (χ4n) is 3.56. The normalized spacial score (nSPS) is 16.5. The molecule has 1 aliphatic heterocycles. The van der Waals surface area contributed by atoms with Gasteiger partial charge >= 0.3 is 0 Å². The van der Waals surface area contributed by atoms with Crippen molar-refractivity contribution in [1.82, 2.24) is 0 Å². The Morgan fingerprint density at radius 1 is 0.875 bits per heavy atom. The number of nitrogens with zero attached hydrogens (tertiary/aromatic N) is 2. The lowest BCUT2D eigenvalue weighted by Crippen LogP contribution is -2.32. The zero-order valence-corrected chi connectivity index (χ0v) is 16.1. The highest BCUT2D eigenvalue weighted by Crippen LogP contribution is 2.28. The highest BCUT2D eigenvalue weighted by Gasteiger charge is 2.31. The number of rotatable bonds is 11. The van der Waals surface area contributed by atoms with Crippen LogP contribution >= 0.6 is 0 Å². The number of benzene rings is 1. The van der Waals surface area contributed by atoms with Crippen LogP contribution in [0.4, 0.5) is 5.69 Å². The molecule has 0 bridgehead atoms. The molecule has 0 saturated carbocycles. The van der Waals surface area contributed by atoms with E-state index < -0.39 is 0 Å². The summed E-state index contributed by atoms with van der Waals surface area (Å²) in [6.07, 6.45) is 13.5. The standard InChI is InChI=1S/C22H36N2/c1-4-5-6-7-8-9-10-11-15-18-21-23-22(2,3)19-24(21)20-16-13-12-14-17-20/h12-14,16-17H,4-11,15,18-19H2,1-3H3. The molecule has 2 heteroatoms. The third-order valence-corrected chi connectivity index (χ3v) is 4.86. The van der Waals surface area contributed by atoms with E-state index in [1.807, 2.05) is 0 Å². The summed E-state index contributed by atoms with van der Waals surface area (Å²) in [6.45, 7) is 7.77. The van der Waals surface area contributed by atoms with Gasteiger partial charge in [0, 0.05) is 18.7 Å². The first-order valence-electron chi connectivity index (χ1n) is 10.0. The van der Waals surface area contributed by atoms with Gasteiger partial charge in [-0.05, 0) is 32.4 Å². The Morgan fingerprint density at radius 3 is 2.08 bits per heavy atom. The van der Waals surface area contributed by atoms with Crippen LogP contribution in [0.5, 0.6) is 0 Å². The Labute approximate surface area is 149 Å². The third-order valence-electron chi connectivity index (χ3n) is 4.86. The molecule has 0 fully saturated rings. The summed E-state index contributed by atoms with van der Waals surface area (Å²) < 4.78 is 0. The number of para-hydroxylation sites is 1. The molecule has 2 rings (SSSR count). The Balaban J connectivity index is 1.70. The van der Waals surface area contributed by atoms with Gasteiger partial charge in [-0.15, -0.1) is 0 Å². The van der Waals surface area contributed by atoms with Gasteiger partial charge in [-0.3, -0.25) is 4.99 Å². The fourth-order valence-corrected chi connectivity index (χ4v) is 3.56. The van der Waals surface area contributed by atoms with Crippen LogP contribution in [-0.4, -0.2) is 17.9 Å². The number of aliphatic imine (C=N–C) groups is 1. The van der Waals surface area contributed by atoms with E-state index >= 15 is 0 Å². The molecule has 0 atom stereocenters. The van der Waals surface area contributed by atoms with Crippen molar-refractivity contribution in [1.29, 1.82) is 0 Å². The molecule has 1 aliphatic rings. The summed E-state index contributed by atoms with van der Waals surface area (Å²) in [7, 11) is 0. The van der Waals surface area contributed by atoms with E-state index in [2.05, 4.69) is 56.0 Å². The molecule has 2 nitrogen and oxygen atoms in total.